The quantitative estimate of drug-likeness (QED) is 0.816. The Morgan fingerprint density at radius 3 is 2.74 bits per heavy atom. The number of aliphatic hydroxyl groups is 1. The van der Waals surface area contributed by atoms with Gasteiger partial charge >= 0.3 is 0 Å². The maximum Gasteiger partial charge on any atom is 0.277 e. The number of nitrogens with zero attached hydrogens (tertiary/aromatic N) is 1. The molecule has 19 heavy (non-hydrogen) atoms. The van der Waals surface area contributed by atoms with Crippen LogP contribution in [0.1, 0.15) is 0 Å². The van der Waals surface area contributed by atoms with Crippen LogP contribution in [0.4, 0.5) is 5.69 Å². The minimum atomic E-state index is -0.474. The zero-order valence-corrected chi connectivity index (χ0v) is 12.0. The summed E-state index contributed by atoms with van der Waals surface area (Å²) in [5.41, 5.74) is 0.672. The van der Waals surface area contributed by atoms with Crippen LogP contribution in [0, 0.1) is 0 Å². The van der Waals surface area contributed by atoms with E-state index in [1.54, 1.807) is 18.2 Å². The van der Waals surface area contributed by atoms with Crippen molar-refractivity contribution in [3.8, 4) is 0 Å². The molecule has 2 N–H and O–H groups in total. The number of benzene rings is 1. The summed E-state index contributed by atoms with van der Waals surface area (Å²) in [4.78, 5) is 24.4. The molecular formula is C12H10BrClN2O3. The van der Waals surface area contributed by atoms with Gasteiger partial charge in [-0.15, -0.1) is 0 Å². The summed E-state index contributed by atoms with van der Waals surface area (Å²) < 4.78 is 0.813. The predicted molar refractivity (Wildman–Crippen MR) is 74.7 cm³/mol. The van der Waals surface area contributed by atoms with E-state index >= 15 is 0 Å². The fourth-order valence-electron chi connectivity index (χ4n) is 1.65. The number of hydrogen-bond acceptors (Lipinski definition) is 4. The van der Waals surface area contributed by atoms with E-state index in [0.29, 0.717) is 10.7 Å². The molecule has 100 valence electrons. The lowest BCUT2D eigenvalue weighted by molar-refractivity contribution is -0.137. The number of nitrogens with one attached hydrogen (secondary N) is 1. The predicted octanol–water partition coefficient (Wildman–Crippen LogP) is 1.76. The first-order chi connectivity index (χ1) is 9.02. The van der Waals surface area contributed by atoms with Crippen molar-refractivity contribution in [1.82, 2.24) is 4.90 Å². The Morgan fingerprint density at radius 1 is 1.37 bits per heavy atom. The minimum Gasteiger partial charge on any atom is -0.395 e. The number of carbonyl (C=O) groups is 2. The molecule has 2 rings (SSSR count). The number of carbonyl (C=O) groups excluding carboxylic acids is 2. The van der Waals surface area contributed by atoms with Crippen LogP contribution in [0.3, 0.4) is 0 Å². The smallest absolute Gasteiger partial charge is 0.277 e. The summed E-state index contributed by atoms with van der Waals surface area (Å²) in [6, 6.07) is 5.14. The molecule has 0 unspecified atom stereocenters. The fourth-order valence-corrected chi connectivity index (χ4v) is 2.37. The molecule has 1 aliphatic rings. The van der Waals surface area contributed by atoms with Crippen molar-refractivity contribution in [2.75, 3.05) is 18.5 Å². The van der Waals surface area contributed by atoms with Gasteiger partial charge < -0.3 is 10.4 Å². The highest BCUT2D eigenvalue weighted by Crippen LogP contribution is 2.27. The molecule has 2 amide bonds. The molecule has 0 aliphatic carbocycles. The van der Waals surface area contributed by atoms with Crippen molar-refractivity contribution in [3.05, 3.63) is 39.5 Å². The maximum atomic E-state index is 11.9. The van der Waals surface area contributed by atoms with Crippen molar-refractivity contribution >= 4 is 45.0 Å². The van der Waals surface area contributed by atoms with E-state index < -0.39 is 11.8 Å². The third kappa shape index (κ3) is 2.97. The second-order valence-electron chi connectivity index (χ2n) is 3.83. The van der Waals surface area contributed by atoms with Crippen LogP contribution >= 0.6 is 27.5 Å². The fraction of sp³-hybridized carbons (Fsp3) is 0.167. The summed E-state index contributed by atoms with van der Waals surface area (Å²) in [7, 11) is 0. The zero-order valence-electron chi connectivity index (χ0n) is 9.69. The van der Waals surface area contributed by atoms with Crippen LogP contribution in [0.15, 0.2) is 34.4 Å². The van der Waals surface area contributed by atoms with E-state index in [0.717, 1.165) is 9.37 Å². The largest absolute Gasteiger partial charge is 0.395 e. The topological polar surface area (TPSA) is 69.6 Å². The number of imide groups is 1. The molecule has 7 heteroatoms. The van der Waals surface area contributed by atoms with Gasteiger partial charge in [-0.25, -0.2) is 0 Å². The van der Waals surface area contributed by atoms with Gasteiger partial charge in [-0.05, 0) is 18.2 Å². The Kier molecular flexibility index (Phi) is 4.24. The van der Waals surface area contributed by atoms with E-state index in [9.17, 15) is 9.59 Å². The van der Waals surface area contributed by atoms with Crippen LogP contribution in [0.5, 0.6) is 0 Å². The lowest BCUT2D eigenvalue weighted by Gasteiger charge is -2.13. The van der Waals surface area contributed by atoms with E-state index in [4.69, 9.17) is 16.7 Å². The van der Waals surface area contributed by atoms with Crippen LogP contribution in [-0.4, -0.2) is 35.0 Å². The second-order valence-corrected chi connectivity index (χ2v) is 5.15. The molecule has 1 heterocycles. The van der Waals surface area contributed by atoms with Crippen molar-refractivity contribution in [2.24, 2.45) is 0 Å². The number of rotatable bonds is 4. The molecule has 0 saturated carbocycles. The Hall–Kier alpha value is -1.37. The lowest BCUT2D eigenvalue weighted by atomic mass is 10.3. The van der Waals surface area contributed by atoms with Crippen LogP contribution in [0.25, 0.3) is 0 Å². The monoisotopic (exact) mass is 344 g/mol. The summed E-state index contributed by atoms with van der Waals surface area (Å²) >= 11 is 9.30. The lowest BCUT2D eigenvalue weighted by Crippen LogP contribution is -2.34. The second kappa shape index (κ2) is 5.73. The molecule has 0 fully saturated rings. The van der Waals surface area contributed by atoms with Gasteiger partial charge in [0.1, 0.15) is 5.70 Å². The number of hydrogen-bond donors (Lipinski definition) is 2. The highest BCUT2D eigenvalue weighted by atomic mass is 79.9. The maximum absolute atomic E-state index is 11.9. The number of halogens is 2. The van der Waals surface area contributed by atoms with Crippen LogP contribution in [0.2, 0.25) is 5.02 Å². The SMILES string of the molecule is O=C1C=C(Nc2ccc(Br)cc2Cl)C(=O)N1CCO. The average molecular weight is 346 g/mol. The molecule has 1 aliphatic heterocycles. The van der Waals surface area contributed by atoms with Crippen molar-refractivity contribution in [3.63, 3.8) is 0 Å². The van der Waals surface area contributed by atoms with Crippen molar-refractivity contribution in [1.29, 1.82) is 0 Å². The summed E-state index contributed by atoms with van der Waals surface area (Å²) in [5, 5.41) is 12.0. The summed E-state index contributed by atoms with van der Waals surface area (Å²) in [6.07, 6.45) is 1.19. The first-order valence-electron chi connectivity index (χ1n) is 5.43. The third-order valence-corrected chi connectivity index (χ3v) is 3.34. The molecule has 0 spiro atoms. The van der Waals surface area contributed by atoms with Gasteiger partial charge in [0.25, 0.3) is 11.8 Å². The van der Waals surface area contributed by atoms with Gasteiger partial charge in [0, 0.05) is 10.5 Å². The molecule has 1 aromatic rings. The standard InChI is InChI=1S/C12H10BrClN2O3/c13-7-1-2-9(8(14)5-7)15-10-6-11(18)16(3-4-17)12(10)19/h1-2,5-6,15,17H,3-4H2. The Bertz CT molecular complexity index is 574. The average Bonchev–Trinajstić information content (AvgIpc) is 2.61. The van der Waals surface area contributed by atoms with Gasteiger partial charge in [0.15, 0.2) is 0 Å². The highest BCUT2D eigenvalue weighted by Gasteiger charge is 2.30. The van der Waals surface area contributed by atoms with E-state index in [2.05, 4.69) is 21.2 Å². The molecule has 0 aromatic heterocycles. The Labute approximate surface area is 123 Å². The number of β-amino-alcohol motifs (C(OH)–C–C–N with tert-alkyl or cyclic N) is 1. The van der Waals surface area contributed by atoms with Gasteiger partial charge in [-0.3, -0.25) is 14.5 Å². The van der Waals surface area contributed by atoms with Crippen LogP contribution < -0.4 is 5.32 Å². The molecule has 5 nitrogen and oxygen atoms in total. The first kappa shape index (κ1) is 14.0. The summed E-state index contributed by atoms with van der Waals surface area (Å²) in [6.45, 7) is -0.287. The molecule has 0 radical (unpaired) electrons. The van der Waals surface area contributed by atoms with E-state index in [-0.39, 0.29) is 18.8 Å². The molecule has 0 atom stereocenters. The highest BCUT2D eigenvalue weighted by molar-refractivity contribution is 9.10. The van der Waals surface area contributed by atoms with Gasteiger partial charge in [0.2, 0.25) is 0 Å². The zero-order chi connectivity index (χ0) is 14.0. The normalized spacial score (nSPS) is 14.9. The summed E-state index contributed by atoms with van der Waals surface area (Å²) in [5.74, 6) is -0.923. The number of amides is 2. The molecular weight excluding hydrogens is 336 g/mol. The molecule has 1 aromatic carbocycles. The Morgan fingerprint density at radius 2 is 2.11 bits per heavy atom. The minimum absolute atomic E-state index is 0.0204. The van der Waals surface area contributed by atoms with Crippen LogP contribution in [-0.2, 0) is 9.59 Å². The molecule has 0 bridgehead atoms. The van der Waals surface area contributed by atoms with Crippen molar-refractivity contribution in [2.45, 2.75) is 0 Å². The first-order valence-corrected chi connectivity index (χ1v) is 6.60. The van der Waals surface area contributed by atoms with E-state index in [1.165, 1.54) is 6.08 Å². The van der Waals surface area contributed by atoms with Gasteiger partial charge in [0.05, 0.1) is 23.9 Å². The number of anilines is 1. The molecule has 0 saturated heterocycles. The number of aliphatic hydroxyl groups excluding tert-OH is 1. The third-order valence-electron chi connectivity index (χ3n) is 2.53. The van der Waals surface area contributed by atoms with Crippen molar-refractivity contribution < 1.29 is 14.7 Å². The van der Waals surface area contributed by atoms with Gasteiger partial charge in [-0.2, -0.15) is 0 Å². The Balaban J connectivity index is 2.18. The van der Waals surface area contributed by atoms with E-state index in [1.807, 2.05) is 0 Å². The van der Waals surface area contributed by atoms with Gasteiger partial charge in [-0.1, -0.05) is 27.5 Å².